The SMILES string of the molecule is C=CC(C)(CNC(C)C)Cc1c(Br)c(CC)nn1C. The Morgan fingerprint density at radius 2 is 2.16 bits per heavy atom. The first-order valence-corrected chi connectivity index (χ1v) is 7.69. The van der Waals surface area contributed by atoms with Crippen LogP contribution >= 0.6 is 15.9 Å². The predicted molar refractivity (Wildman–Crippen MR) is 85.4 cm³/mol. The largest absolute Gasteiger partial charge is 0.314 e. The third-order valence-corrected chi connectivity index (χ3v) is 4.40. The predicted octanol–water partition coefficient (Wildman–Crippen LogP) is 3.48. The van der Waals surface area contributed by atoms with E-state index in [9.17, 15) is 0 Å². The van der Waals surface area contributed by atoms with E-state index in [1.165, 1.54) is 5.69 Å². The first-order valence-electron chi connectivity index (χ1n) is 6.90. The first-order chi connectivity index (χ1) is 8.83. The summed E-state index contributed by atoms with van der Waals surface area (Å²) in [5.41, 5.74) is 2.40. The van der Waals surface area contributed by atoms with Crippen LogP contribution in [0.25, 0.3) is 0 Å². The lowest BCUT2D eigenvalue weighted by Crippen LogP contribution is -2.36. The molecule has 1 unspecified atom stereocenters. The van der Waals surface area contributed by atoms with Crippen molar-refractivity contribution in [2.24, 2.45) is 12.5 Å². The van der Waals surface area contributed by atoms with Crippen molar-refractivity contribution in [3.05, 3.63) is 28.5 Å². The minimum atomic E-state index is 0.0333. The molecule has 1 rings (SSSR count). The summed E-state index contributed by atoms with van der Waals surface area (Å²) in [6.07, 6.45) is 3.93. The van der Waals surface area contributed by atoms with Crippen molar-refractivity contribution in [2.75, 3.05) is 6.54 Å². The third-order valence-electron chi connectivity index (χ3n) is 3.48. The molecular formula is C15H26BrN3. The van der Waals surface area contributed by atoms with Gasteiger partial charge in [-0.15, -0.1) is 6.58 Å². The number of nitrogens with zero attached hydrogens (tertiary/aromatic N) is 2. The van der Waals surface area contributed by atoms with Crippen molar-refractivity contribution in [3.63, 3.8) is 0 Å². The van der Waals surface area contributed by atoms with Crippen molar-refractivity contribution in [1.29, 1.82) is 0 Å². The van der Waals surface area contributed by atoms with Crippen LogP contribution in [0.4, 0.5) is 0 Å². The van der Waals surface area contributed by atoms with Gasteiger partial charge in [-0.1, -0.05) is 33.8 Å². The Labute approximate surface area is 125 Å². The Hall–Kier alpha value is -0.610. The van der Waals surface area contributed by atoms with E-state index in [-0.39, 0.29) is 5.41 Å². The molecular weight excluding hydrogens is 302 g/mol. The molecule has 0 saturated carbocycles. The van der Waals surface area contributed by atoms with Crippen molar-refractivity contribution < 1.29 is 0 Å². The van der Waals surface area contributed by atoms with Gasteiger partial charge in [-0.25, -0.2) is 0 Å². The maximum absolute atomic E-state index is 4.56. The summed E-state index contributed by atoms with van der Waals surface area (Å²) in [5, 5.41) is 8.06. The van der Waals surface area contributed by atoms with Gasteiger partial charge in [0.15, 0.2) is 0 Å². The highest BCUT2D eigenvalue weighted by atomic mass is 79.9. The molecule has 0 saturated heterocycles. The van der Waals surface area contributed by atoms with Crippen LogP contribution in [0, 0.1) is 5.41 Å². The minimum Gasteiger partial charge on any atom is -0.314 e. The Bertz CT molecular complexity index is 437. The summed E-state index contributed by atoms with van der Waals surface area (Å²) in [7, 11) is 2.01. The second-order valence-corrected chi connectivity index (χ2v) is 6.55. The molecule has 1 heterocycles. The molecule has 0 spiro atoms. The molecule has 1 aromatic heterocycles. The Balaban J connectivity index is 2.92. The summed E-state index contributed by atoms with van der Waals surface area (Å²) in [5.74, 6) is 0. The number of hydrogen-bond donors (Lipinski definition) is 1. The van der Waals surface area contributed by atoms with Gasteiger partial charge < -0.3 is 5.32 Å². The molecule has 1 N–H and O–H groups in total. The van der Waals surface area contributed by atoms with Crippen molar-refractivity contribution in [3.8, 4) is 0 Å². The lowest BCUT2D eigenvalue weighted by Gasteiger charge is -2.27. The highest BCUT2D eigenvalue weighted by molar-refractivity contribution is 9.10. The lowest BCUT2D eigenvalue weighted by atomic mass is 9.85. The van der Waals surface area contributed by atoms with Gasteiger partial charge in [0.2, 0.25) is 0 Å². The van der Waals surface area contributed by atoms with Gasteiger partial charge in [0.05, 0.1) is 15.9 Å². The van der Waals surface area contributed by atoms with E-state index in [1.54, 1.807) is 0 Å². The van der Waals surface area contributed by atoms with Crippen molar-refractivity contribution in [1.82, 2.24) is 15.1 Å². The normalized spacial score (nSPS) is 14.7. The fourth-order valence-corrected chi connectivity index (χ4v) is 2.79. The first kappa shape index (κ1) is 16.4. The van der Waals surface area contributed by atoms with Crippen LogP contribution in [0.5, 0.6) is 0 Å². The highest BCUT2D eigenvalue weighted by Crippen LogP contribution is 2.29. The molecule has 0 fully saturated rings. The summed E-state index contributed by atoms with van der Waals surface area (Å²) >= 11 is 3.69. The third kappa shape index (κ3) is 4.18. The van der Waals surface area contributed by atoms with Gasteiger partial charge in [0, 0.05) is 31.5 Å². The van der Waals surface area contributed by atoms with E-state index in [1.807, 2.05) is 17.8 Å². The average molecular weight is 328 g/mol. The summed E-state index contributed by atoms with van der Waals surface area (Å²) in [4.78, 5) is 0. The minimum absolute atomic E-state index is 0.0333. The van der Waals surface area contributed by atoms with E-state index >= 15 is 0 Å². The molecule has 3 nitrogen and oxygen atoms in total. The smallest absolute Gasteiger partial charge is 0.0766 e. The van der Waals surface area contributed by atoms with E-state index < -0.39 is 0 Å². The zero-order valence-electron chi connectivity index (χ0n) is 12.8. The fraction of sp³-hybridized carbons (Fsp3) is 0.667. The van der Waals surface area contributed by atoms with E-state index in [0.717, 1.165) is 29.6 Å². The van der Waals surface area contributed by atoms with Crippen LogP contribution < -0.4 is 5.32 Å². The monoisotopic (exact) mass is 327 g/mol. The fourth-order valence-electron chi connectivity index (χ4n) is 2.04. The Morgan fingerprint density at radius 3 is 2.58 bits per heavy atom. The van der Waals surface area contributed by atoms with Gasteiger partial charge in [-0.05, 0) is 22.4 Å². The molecule has 0 bridgehead atoms. The number of halogens is 1. The van der Waals surface area contributed by atoms with Gasteiger partial charge in [-0.2, -0.15) is 5.10 Å². The summed E-state index contributed by atoms with van der Waals surface area (Å²) in [6.45, 7) is 13.6. The number of rotatable bonds is 7. The summed E-state index contributed by atoms with van der Waals surface area (Å²) in [6, 6.07) is 0.487. The molecule has 0 radical (unpaired) electrons. The Kier molecular flexibility index (Phi) is 5.81. The van der Waals surface area contributed by atoms with Crippen LogP contribution in [0.3, 0.4) is 0 Å². The van der Waals surface area contributed by atoms with Crippen molar-refractivity contribution in [2.45, 2.75) is 46.6 Å². The topological polar surface area (TPSA) is 29.9 Å². The number of aromatic nitrogens is 2. The zero-order valence-corrected chi connectivity index (χ0v) is 14.3. The molecule has 1 atom stereocenters. The maximum Gasteiger partial charge on any atom is 0.0766 e. The maximum atomic E-state index is 4.56. The van der Waals surface area contributed by atoms with Crippen LogP contribution in [0.2, 0.25) is 0 Å². The lowest BCUT2D eigenvalue weighted by molar-refractivity contribution is 0.364. The highest BCUT2D eigenvalue weighted by Gasteiger charge is 2.25. The van der Waals surface area contributed by atoms with Crippen LogP contribution in [-0.2, 0) is 19.9 Å². The zero-order chi connectivity index (χ0) is 14.6. The Morgan fingerprint density at radius 1 is 1.53 bits per heavy atom. The van der Waals surface area contributed by atoms with E-state index in [0.29, 0.717) is 6.04 Å². The van der Waals surface area contributed by atoms with Gasteiger partial charge >= 0.3 is 0 Å². The standard InChI is InChI=1S/C15H26BrN3/c1-7-12-14(16)13(19(6)18-12)9-15(5,8-2)10-17-11(3)4/h8,11,17H,2,7,9-10H2,1,3-6H3. The van der Waals surface area contributed by atoms with Crippen LogP contribution in [0.1, 0.15) is 39.1 Å². The van der Waals surface area contributed by atoms with E-state index in [2.05, 4.69) is 60.6 Å². The molecule has 108 valence electrons. The van der Waals surface area contributed by atoms with Crippen LogP contribution in [0.15, 0.2) is 17.1 Å². The molecule has 0 aliphatic heterocycles. The van der Waals surface area contributed by atoms with Gasteiger partial charge in [0.25, 0.3) is 0 Å². The molecule has 1 aromatic rings. The molecule has 4 heteroatoms. The van der Waals surface area contributed by atoms with Gasteiger partial charge in [-0.3, -0.25) is 4.68 Å². The molecule has 19 heavy (non-hydrogen) atoms. The molecule has 0 aliphatic carbocycles. The molecule has 0 aromatic carbocycles. The van der Waals surface area contributed by atoms with Gasteiger partial charge in [0.1, 0.15) is 0 Å². The molecule has 0 amide bonds. The van der Waals surface area contributed by atoms with Crippen LogP contribution in [-0.4, -0.2) is 22.4 Å². The number of hydrogen-bond acceptors (Lipinski definition) is 2. The molecule has 0 aliphatic rings. The van der Waals surface area contributed by atoms with E-state index in [4.69, 9.17) is 0 Å². The quantitative estimate of drug-likeness (QED) is 0.777. The number of aryl methyl sites for hydroxylation is 2. The second kappa shape index (κ2) is 6.71. The average Bonchev–Trinajstić information content (AvgIpc) is 2.63. The van der Waals surface area contributed by atoms with Crippen molar-refractivity contribution >= 4 is 15.9 Å². The number of nitrogens with one attached hydrogen (secondary N) is 1. The second-order valence-electron chi connectivity index (χ2n) is 5.76. The summed E-state index contributed by atoms with van der Waals surface area (Å²) < 4.78 is 3.13.